The summed E-state index contributed by atoms with van der Waals surface area (Å²) in [6.45, 7) is 0. The molecule has 0 heterocycles. The van der Waals surface area contributed by atoms with E-state index in [4.69, 9.17) is 10.8 Å². The number of rotatable bonds is 0. The summed E-state index contributed by atoms with van der Waals surface area (Å²) < 4.78 is 0. The Balaban J connectivity index is 0. The summed E-state index contributed by atoms with van der Waals surface area (Å²) in [5.41, 5.74) is 5.43. The van der Waals surface area contributed by atoms with Crippen LogP contribution in [0, 0.1) is 0 Å². The average Bonchev–Trinajstić information content (AvgIpc) is 1.91. The zero-order valence-corrected chi connectivity index (χ0v) is 5.43. The van der Waals surface area contributed by atoms with E-state index in [0.717, 1.165) is 19.3 Å². The summed E-state index contributed by atoms with van der Waals surface area (Å²) in [7, 11) is 0. The molecule has 0 aromatic rings. The van der Waals surface area contributed by atoms with Crippen LogP contribution in [0.5, 0.6) is 0 Å². The van der Waals surface area contributed by atoms with Crippen LogP contribution in [-0.2, 0) is 0 Å². The molecule has 3 N–H and O–H groups in total. The van der Waals surface area contributed by atoms with Crippen molar-refractivity contribution in [2.75, 3.05) is 0 Å². The van der Waals surface area contributed by atoms with E-state index in [1.165, 1.54) is 0 Å². The van der Waals surface area contributed by atoms with Crippen molar-refractivity contribution < 1.29 is 18.9 Å². The lowest BCUT2D eigenvalue weighted by Crippen LogP contribution is -3.00. The second-order valence-corrected chi connectivity index (χ2v) is 2.16. The molecule has 0 aromatic carbocycles. The second kappa shape index (κ2) is 3.28. The normalized spacial score (nSPS) is 36.8. The van der Waals surface area contributed by atoms with Gasteiger partial charge in [0.25, 0.3) is 0 Å². The van der Waals surface area contributed by atoms with Crippen molar-refractivity contribution >= 4 is 0 Å². The Morgan fingerprint density at radius 2 is 2.12 bits per heavy atom. The first-order valence-corrected chi connectivity index (χ1v) is 2.74. The topological polar surface area (TPSA) is 46.2 Å². The minimum atomic E-state index is -0.208. The Kier molecular flexibility index (Phi) is 3.36. The summed E-state index contributed by atoms with van der Waals surface area (Å²) in [6, 6.07) is 0.0694. The van der Waals surface area contributed by atoms with Gasteiger partial charge in [0.2, 0.25) is 0 Å². The van der Waals surface area contributed by atoms with Crippen molar-refractivity contribution in [1.82, 2.24) is 0 Å². The number of aliphatic hydroxyl groups is 1. The number of hydrogen-bond donors (Lipinski definition) is 2. The van der Waals surface area contributed by atoms with Crippen LogP contribution in [-0.4, -0.2) is 17.3 Å². The monoisotopic (exact) mass is 137 g/mol. The van der Waals surface area contributed by atoms with Gasteiger partial charge in [-0.1, -0.05) is 0 Å². The molecule has 1 aliphatic carbocycles. The highest BCUT2D eigenvalue weighted by atomic mass is 35.5. The summed E-state index contributed by atoms with van der Waals surface area (Å²) in [5, 5.41) is 8.87. The molecular weight excluding hydrogens is 126 g/mol. The highest BCUT2D eigenvalue weighted by molar-refractivity contribution is 4.78. The third-order valence-corrected chi connectivity index (χ3v) is 1.53. The molecule has 2 nitrogen and oxygen atoms in total. The lowest BCUT2D eigenvalue weighted by atomic mass is 10.2. The van der Waals surface area contributed by atoms with Crippen LogP contribution in [0.3, 0.4) is 0 Å². The SMILES string of the molecule is N[C@@H]1CCC[C@H]1O.[Cl-].[H+]. The Bertz CT molecular complexity index is 66.0. The van der Waals surface area contributed by atoms with E-state index in [0.29, 0.717) is 0 Å². The van der Waals surface area contributed by atoms with Crippen molar-refractivity contribution in [3.63, 3.8) is 0 Å². The molecule has 1 saturated carbocycles. The van der Waals surface area contributed by atoms with Crippen LogP contribution >= 0.6 is 0 Å². The van der Waals surface area contributed by atoms with Gasteiger partial charge in [-0.2, -0.15) is 0 Å². The first-order chi connectivity index (χ1) is 3.30. The zero-order chi connectivity index (χ0) is 5.28. The number of hydrogen-bond acceptors (Lipinski definition) is 2. The van der Waals surface area contributed by atoms with Crippen LogP contribution in [0.25, 0.3) is 0 Å². The van der Waals surface area contributed by atoms with Gasteiger partial charge >= 0.3 is 1.43 Å². The molecule has 0 amide bonds. The van der Waals surface area contributed by atoms with Crippen LogP contribution < -0.4 is 18.1 Å². The van der Waals surface area contributed by atoms with E-state index in [9.17, 15) is 0 Å². The lowest BCUT2D eigenvalue weighted by molar-refractivity contribution is -0.00000328. The summed E-state index contributed by atoms with van der Waals surface area (Å²) in [5.74, 6) is 0. The molecule has 1 rings (SSSR count). The van der Waals surface area contributed by atoms with Crippen molar-refractivity contribution in [2.45, 2.75) is 31.4 Å². The predicted molar refractivity (Wildman–Crippen MR) is 28.9 cm³/mol. The maximum absolute atomic E-state index is 8.87. The number of aliphatic hydroxyl groups excluding tert-OH is 1. The molecule has 0 aromatic heterocycles. The van der Waals surface area contributed by atoms with Gasteiger partial charge in [-0.05, 0) is 19.3 Å². The Morgan fingerprint density at radius 1 is 1.50 bits per heavy atom. The molecule has 2 atom stereocenters. The molecule has 8 heavy (non-hydrogen) atoms. The van der Waals surface area contributed by atoms with E-state index in [-0.39, 0.29) is 26.0 Å². The van der Waals surface area contributed by atoms with Crippen LogP contribution in [0.1, 0.15) is 20.7 Å². The van der Waals surface area contributed by atoms with Gasteiger partial charge in [-0.3, -0.25) is 0 Å². The molecule has 0 unspecified atom stereocenters. The van der Waals surface area contributed by atoms with E-state index in [1.54, 1.807) is 0 Å². The largest absolute Gasteiger partial charge is 1.00 e. The highest BCUT2D eigenvalue weighted by Crippen LogP contribution is 2.15. The third kappa shape index (κ3) is 1.62. The van der Waals surface area contributed by atoms with E-state index in [2.05, 4.69) is 0 Å². The third-order valence-electron chi connectivity index (χ3n) is 1.53. The maximum Gasteiger partial charge on any atom is 1.00 e. The molecular formula is C5H12ClNO. The second-order valence-electron chi connectivity index (χ2n) is 2.16. The fourth-order valence-corrected chi connectivity index (χ4v) is 0.969. The molecule has 0 radical (unpaired) electrons. The van der Waals surface area contributed by atoms with Crippen molar-refractivity contribution in [2.24, 2.45) is 5.73 Å². The molecule has 0 spiro atoms. The van der Waals surface area contributed by atoms with Gasteiger partial charge in [0, 0.05) is 6.04 Å². The predicted octanol–water partition coefficient (Wildman–Crippen LogP) is -3.02. The van der Waals surface area contributed by atoms with Gasteiger partial charge < -0.3 is 23.2 Å². The van der Waals surface area contributed by atoms with Crippen molar-refractivity contribution in [3.8, 4) is 0 Å². The Hall–Kier alpha value is 0.210. The first-order valence-electron chi connectivity index (χ1n) is 2.74. The summed E-state index contributed by atoms with van der Waals surface area (Å²) >= 11 is 0. The van der Waals surface area contributed by atoms with E-state index < -0.39 is 0 Å². The number of halogens is 1. The van der Waals surface area contributed by atoms with E-state index in [1.807, 2.05) is 0 Å². The van der Waals surface area contributed by atoms with Crippen molar-refractivity contribution in [3.05, 3.63) is 0 Å². The average molecular weight is 138 g/mol. The van der Waals surface area contributed by atoms with Crippen LogP contribution in [0.2, 0.25) is 0 Å². The molecule has 0 saturated heterocycles. The Labute approximate surface area is 57.0 Å². The van der Waals surface area contributed by atoms with E-state index >= 15 is 0 Å². The minimum absolute atomic E-state index is 0. The molecule has 1 aliphatic rings. The zero-order valence-electron chi connectivity index (χ0n) is 5.68. The maximum atomic E-state index is 8.87. The minimum Gasteiger partial charge on any atom is -1.00 e. The fourth-order valence-electron chi connectivity index (χ4n) is 0.969. The lowest BCUT2D eigenvalue weighted by Gasteiger charge is -2.04. The molecule has 0 aliphatic heterocycles. The Morgan fingerprint density at radius 3 is 2.25 bits per heavy atom. The highest BCUT2D eigenvalue weighted by Gasteiger charge is 2.20. The first kappa shape index (κ1) is 8.21. The van der Waals surface area contributed by atoms with Crippen molar-refractivity contribution in [1.29, 1.82) is 0 Å². The van der Waals surface area contributed by atoms with Gasteiger partial charge in [-0.25, -0.2) is 0 Å². The molecule has 0 bridgehead atoms. The molecule has 3 heteroatoms. The van der Waals surface area contributed by atoms with Gasteiger partial charge in [0.1, 0.15) is 0 Å². The van der Waals surface area contributed by atoms with Crippen LogP contribution in [0.4, 0.5) is 0 Å². The van der Waals surface area contributed by atoms with Gasteiger partial charge in [0.05, 0.1) is 6.10 Å². The quantitative estimate of drug-likeness (QED) is 0.373. The summed E-state index contributed by atoms with van der Waals surface area (Å²) in [6.07, 6.45) is 2.80. The fraction of sp³-hybridized carbons (Fsp3) is 1.00. The smallest absolute Gasteiger partial charge is 1.00 e. The van der Waals surface area contributed by atoms with Gasteiger partial charge in [0.15, 0.2) is 0 Å². The number of nitrogens with two attached hydrogens (primary N) is 1. The summed E-state index contributed by atoms with van der Waals surface area (Å²) in [4.78, 5) is 0. The standard InChI is InChI=1S/C5H11NO.ClH/c6-4-2-1-3-5(4)7;/h4-5,7H,1-3,6H2;1H/t4-,5-;/m1./s1. The molecule has 50 valence electrons. The van der Waals surface area contributed by atoms with Gasteiger partial charge in [-0.15, -0.1) is 0 Å². The molecule has 1 fully saturated rings. The van der Waals surface area contributed by atoms with Crippen LogP contribution in [0.15, 0.2) is 0 Å².